The van der Waals surface area contributed by atoms with E-state index in [0.717, 1.165) is 30.7 Å². The maximum Gasteiger partial charge on any atom is 0.271 e. The monoisotopic (exact) mass is 250 g/mol. The Bertz CT molecular complexity index is 442. The van der Waals surface area contributed by atoms with E-state index in [1.807, 2.05) is 19.9 Å². The van der Waals surface area contributed by atoms with Crippen LogP contribution in [-0.2, 0) is 4.74 Å². The summed E-state index contributed by atoms with van der Waals surface area (Å²) in [7, 11) is 0. The van der Waals surface area contributed by atoms with Crippen LogP contribution in [0.2, 0.25) is 0 Å². The summed E-state index contributed by atoms with van der Waals surface area (Å²) in [5.74, 6) is 0. The Morgan fingerprint density at radius 2 is 2.17 bits per heavy atom. The lowest BCUT2D eigenvalue weighted by atomic mass is 9.89. The third kappa shape index (κ3) is 2.98. The van der Waals surface area contributed by atoms with Gasteiger partial charge in [0.05, 0.1) is 11.0 Å². The molecule has 0 amide bonds. The first kappa shape index (κ1) is 12.8. The number of benzene rings is 1. The Labute approximate surface area is 106 Å². The topological polar surface area (TPSA) is 64.4 Å². The van der Waals surface area contributed by atoms with Crippen molar-refractivity contribution in [3.05, 3.63) is 33.9 Å². The van der Waals surface area contributed by atoms with Gasteiger partial charge in [0, 0.05) is 30.5 Å². The van der Waals surface area contributed by atoms with E-state index in [0.29, 0.717) is 12.1 Å². The van der Waals surface area contributed by atoms with Crippen LogP contribution in [-0.4, -0.2) is 23.7 Å². The average molecular weight is 250 g/mol. The van der Waals surface area contributed by atoms with E-state index in [1.165, 1.54) is 0 Å². The number of rotatable bonds is 5. The van der Waals surface area contributed by atoms with Crippen molar-refractivity contribution >= 4 is 11.4 Å². The summed E-state index contributed by atoms with van der Waals surface area (Å²) < 4.78 is 5.48. The normalized spacial score (nSPS) is 22.3. The molecule has 18 heavy (non-hydrogen) atoms. The molecule has 0 saturated heterocycles. The Balaban J connectivity index is 1.96. The van der Waals surface area contributed by atoms with E-state index in [1.54, 1.807) is 12.1 Å². The molecule has 0 bridgehead atoms. The number of non-ortho nitro benzene ring substituents is 1. The van der Waals surface area contributed by atoms with E-state index in [-0.39, 0.29) is 10.6 Å². The van der Waals surface area contributed by atoms with Crippen molar-refractivity contribution < 1.29 is 9.66 Å². The predicted octanol–water partition coefficient (Wildman–Crippen LogP) is 2.88. The first-order valence-corrected chi connectivity index (χ1v) is 6.22. The second-order valence-electron chi connectivity index (χ2n) is 4.70. The van der Waals surface area contributed by atoms with Crippen LogP contribution in [0.1, 0.15) is 25.3 Å². The molecule has 98 valence electrons. The molecule has 5 nitrogen and oxygen atoms in total. The molecule has 0 heterocycles. The van der Waals surface area contributed by atoms with Crippen molar-refractivity contribution in [2.75, 3.05) is 11.9 Å². The molecule has 2 rings (SSSR count). The summed E-state index contributed by atoms with van der Waals surface area (Å²) >= 11 is 0. The third-order valence-electron chi connectivity index (χ3n) is 3.14. The minimum absolute atomic E-state index is 0.137. The first-order chi connectivity index (χ1) is 8.58. The molecule has 1 N–H and O–H groups in total. The Morgan fingerprint density at radius 1 is 1.44 bits per heavy atom. The summed E-state index contributed by atoms with van der Waals surface area (Å²) in [4.78, 5) is 10.4. The van der Waals surface area contributed by atoms with Crippen molar-refractivity contribution in [1.29, 1.82) is 0 Å². The summed E-state index contributed by atoms with van der Waals surface area (Å²) in [5.41, 5.74) is 1.85. The number of anilines is 1. The van der Waals surface area contributed by atoms with Gasteiger partial charge in [0.2, 0.25) is 0 Å². The van der Waals surface area contributed by atoms with E-state index in [4.69, 9.17) is 4.74 Å². The van der Waals surface area contributed by atoms with E-state index >= 15 is 0 Å². The SMILES string of the molecule is CCOC1CC(Nc2cc(C)cc([N+](=O)[O-])c2)C1. The molecule has 1 aliphatic carbocycles. The van der Waals surface area contributed by atoms with Gasteiger partial charge in [-0.3, -0.25) is 10.1 Å². The molecule has 1 aromatic carbocycles. The van der Waals surface area contributed by atoms with E-state index in [2.05, 4.69) is 5.32 Å². The summed E-state index contributed by atoms with van der Waals surface area (Å²) in [6.07, 6.45) is 2.28. The fourth-order valence-corrected chi connectivity index (χ4v) is 2.24. The zero-order valence-electron chi connectivity index (χ0n) is 10.7. The molecule has 0 aliphatic heterocycles. The molecule has 0 aromatic heterocycles. The van der Waals surface area contributed by atoms with Crippen LogP contribution in [0.25, 0.3) is 0 Å². The second kappa shape index (κ2) is 5.35. The molecule has 0 atom stereocenters. The van der Waals surface area contributed by atoms with Crippen LogP contribution in [0.15, 0.2) is 18.2 Å². The highest BCUT2D eigenvalue weighted by atomic mass is 16.6. The van der Waals surface area contributed by atoms with Crippen molar-refractivity contribution in [3.8, 4) is 0 Å². The van der Waals surface area contributed by atoms with Crippen LogP contribution in [0.4, 0.5) is 11.4 Å². The molecule has 0 unspecified atom stereocenters. The smallest absolute Gasteiger partial charge is 0.271 e. The largest absolute Gasteiger partial charge is 0.382 e. The molecular formula is C13H18N2O3. The van der Waals surface area contributed by atoms with Crippen LogP contribution >= 0.6 is 0 Å². The van der Waals surface area contributed by atoms with Gasteiger partial charge in [-0.2, -0.15) is 0 Å². The maximum atomic E-state index is 10.8. The van der Waals surface area contributed by atoms with Gasteiger partial charge in [0.1, 0.15) is 0 Å². The Kier molecular flexibility index (Phi) is 3.81. The van der Waals surface area contributed by atoms with Crippen LogP contribution in [0.5, 0.6) is 0 Å². The van der Waals surface area contributed by atoms with E-state index < -0.39 is 0 Å². The van der Waals surface area contributed by atoms with Gasteiger partial charge >= 0.3 is 0 Å². The Morgan fingerprint density at radius 3 is 2.78 bits per heavy atom. The number of nitrogens with zero attached hydrogens (tertiary/aromatic N) is 1. The highest BCUT2D eigenvalue weighted by Crippen LogP contribution is 2.28. The molecule has 5 heteroatoms. The molecule has 1 aromatic rings. The average Bonchev–Trinajstić information content (AvgIpc) is 2.25. The molecule has 0 radical (unpaired) electrons. The summed E-state index contributed by atoms with van der Waals surface area (Å²) in [6, 6.07) is 5.46. The zero-order chi connectivity index (χ0) is 13.1. The van der Waals surface area contributed by atoms with Crippen LogP contribution in [0, 0.1) is 17.0 Å². The van der Waals surface area contributed by atoms with Crippen LogP contribution in [0.3, 0.4) is 0 Å². The molecular weight excluding hydrogens is 232 g/mol. The second-order valence-corrected chi connectivity index (χ2v) is 4.70. The fourth-order valence-electron chi connectivity index (χ4n) is 2.24. The zero-order valence-corrected chi connectivity index (χ0v) is 10.7. The standard InChI is InChI=1S/C13H18N2O3/c1-3-18-13-7-11(8-13)14-10-4-9(2)5-12(6-10)15(16)17/h4-6,11,13-14H,3,7-8H2,1-2H3. The third-order valence-corrected chi connectivity index (χ3v) is 3.14. The number of nitro benzene ring substituents is 1. The minimum Gasteiger partial charge on any atom is -0.382 e. The molecule has 1 fully saturated rings. The van der Waals surface area contributed by atoms with Crippen molar-refractivity contribution in [1.82, 2.24) is 0 Å². The van der Waals surface area contributed by atoms with Gasteiger partial charge in [-0.05, 0) is 38.3 Å². The Hall–Kier alpha value is -1.62. The maximum absolute atomic E-state index is 10.8. The number of nitrogens with one attached hydrogen (secondary N) is 1. The van der Waals surface area contributed by atoms with Gasteiger partial charge in [-0.1, -0.05) is 0 Å². The lowest BCUT2D eigenvalue weighted by Crippen LogP contribution is -2.40. The fraction of sp³-hybridized carbons (Fsp3) is 0.538. The minimum atomic E-state index is -0.359. The van der Waals surface area contributed by atoms with Gasteiger partial charge in [0.15, 0.2) is 0 Å². The number of hydrogen-bond donors (Lipinski definition) is 1. The van der Waals surface area contributed by atoms with E-state index in [9.17, 15) is 10.1 Å². The van der Waals surface area contributed by atoms with Gasteiger partial charge in [0.25, 0.3) is 5.69 Å². The summed E-state index contributed by atoms with van der Waals surface area (Å²) in [5, 5.41) is 14.1. The van der Waals surface area contributed by atoms with Crippen LogP contribution < -0.4 is 5.32 Å². The highest BCUT2D eigenvalue weighted by molar-refractivity contribution is 5.54. The van der Waals surface area contributed by atoms with Gasteiger partial charge in [-0.15, -0.1) is 0 Å². The number of aryl methyl sites for hydroxylation is 1. The predicted molar refractivity (Wildman–Crippen MR) is 69.9 cm³/mol. The van der Waals surface area contributed by atoms with Gasteiger partial charge < -0.3 is 10.1 Å². The molecule has 1 aliphatic rings. The lowest BCUT2D eigenvalue weighted by molar-refractivity contribution is -0.384. The van der Waals surface area contributed by atoms with Crippen molar-refractivity contribution in [2.24, 2.45) is 0 Å². The van der Waals surface area contributed by atoms with Crippen molar-refractivity contribution in [2.45, 2.75) is 38.8 Å². The lowest BCUT2D eigenvalue weighted by Gasteiger charge is -2.36. The molecule has 1 saturated carbocycles. The number of ether oxygens (including phenoxy) is 1. The quantitative estimate of drug-likeness (QED) is 0.644. The number of hydrogen-bond acceptors (Lipinski definition) is 4. The highest BCUT2D eigenvalue weighted by Gasteiger charge is 2.29. The van der Waals surface area contributed by atoms with Gasteiger partial charge in [-0.25, -0.2) is 0 Å². The van der Waals surface area contributed by atoms with Crippen molar-refractivity contribution in [3.63, 3.8) is 0 Å². The molecule has 0 spiro atoms. The first-order valence-electron chi connectivity index (χ1n) is 6.22. The number of nitro groups is 1. The summed E-state index contributed by atoms with van der Waals surface area (Å²) in [6.45, 7) is 4.60.